The summed E-state index contributed by atoms with van der Waals surface area (Å²) in [7, 11) is 1.69. The summed E-state index contributed by atoms with van der Waals surface area (Å²) < 4.78 is 0. The van der Waals surface area contributed by atoms with Gasteiger partial charge in [-0.05, 0) is 27.7 Å². The third-order valence-corrected chi connectivity index (χ3v) is 2.42. The van der Waals surface area contributed by atoms with Crippen molar-refractivity contribution >= 4 is 12.0 Å². The Balaban J connectivity index is 4.80. The highest BCUT2D eigenvalue weighted by molar-refractivity contribution is 5.76. The first-order valence-electron chi connectivity index (χ1n) is 5.94. The van der Waals surface area contributed by atoms with Crippen molar-refractivity contribution in [2.45, 2.75) is 39.7 Å². The molecule has 0 aliphatic heterocycles. The zero-order chi connectivity index (χ0) is 14.5. The zero-order valence-electron chi connectivity index (χ0n) is 12.0. The van der Waals surface area contributed by atoms with Crippen LogP contribution in [0.25, 0.3) is 0 Å². The summed E-state index contributed by atoms with van der Waals surface area (Å²) in [6, 6.07) is -0.174. The Labute approximate surface area is 109 Å². The number of rotatable bonds is 5. The number of urea groups is 1. The molecule has 18 heavy (non-hydrogen) atoms. The summed E-state index contributed by atoms with van der Waals surface area (Å²) in [6.45, 7) is 12.0. The van der Waals surface area contributed by atoms with E-state index in [2.05, 4.69) is 6.58 Å². The first-order chi connectivity index (χ1) is 8.05. The van der Waals surface area contributed by atoms with Gasteiger partial charge in [-0.1, -0.05) is 12.2 Å². The molecule has 0 radical (unpaired) electrons. The Hall–Kier alpha value is -1.52. The van der Waals surface area contributed by atoms with Crippen molar-refractivity contribution in [3.63, 3.8) is 0 Å². The number of likely N-dealkylation sites (N-methyl/N-ethyl adjacent to an activating group) is 1. The van der Waals surface area contributed by atoms with Crippen molar-refractivity contribution < 1.29 is 14.7 Å². The number of hydrogen-bond donors (Lipinski definition) is 1. The lowest BCUT2D eigenvalue weighted by Crippen LogP contribution is -2.51. The molecule has 0 rings (SSSR count). The van der Waals surface area contributed by atoms with Gasteiger partial charge in [-0.25, -0.2) is 4.79 Å². The molecule has 0 heterocycles. The Morgan fingerprint density at radius 2 is 1.78 bits per heavy atom. The predicted molar refractivity (Wildman–Crippen MR) is 71.6 cm³/mol. The first-order valence-corrected chi connectivity index (χ1v) is 5.94. The molecule has 5 heteroatoms. The number of carboxylic acids is 1. The van der Waals surface area contributed by atoms with Gasteiger partial charge >= 0.3 is 12.0 Å². The molecule has 0 spiro atoms. The zero-order valence-corrected chi connectivity index (χ0v) is 12.0. The van der Waals surface area contributed by atoms with Crippen molar-refractivity contribution in [1.82, 2.24) is 9.80 Å². The number of carboxylic acid groups (broad SMARTS) is 1. The van der Waals surface area contributed by atoms with Crippen LogP contribution < -0.4 is 0 Å². The molecule has 0 bridgehead atoms. The third-order valence-electron chi connectivity index (χ3n) is 2.42. The number of carbonyl (C=O) groups excluding carboxylic acids is 1. The molecule has 5 nitrogen and oxygen atoms in total. The molecule has 2 amide bonds. The summed E-state index contributed by atoms with van der Waals surface area (Å²) >= 11 is 0. The second-order valence-electron chi connectivity index (χ2n) is 5.56. The van der Waals surface area contributed by atoms with Gasteiger partial charge in [-0.2, -0.15) is 0 Å². The fourth-order valence-electron chi connectivity index (χ4n) is 1.60. The third kappa shape index (κ3) is 5.70. The molecule has 0 aliphatic carbocycles. The van der Waals surface area contributed by atoms with Crippen LogP contribution in [0.1, 0.15) is 34.1 Å². The molecule has 0 aromatic rings. The molecule has 0 saturated heterocycles. The van der Waals surface area contributed by atoms with Crippen molar-refractivity contribution in [2.75, 3.05) is 20.1 Å². The van der Waals surface area contributed by atoms with Crippen LogP contribution in [-0.4, -0.2) is 52.6 Å². The SMILES string of the molecule is C=C(C)CN(C)C(=O)N(CCC(=O)O)C(C)(C)C. The number of hydrogen-bond acceptors (Lipinski definition) is 2. The summed E-state index contributed by atoms with van der Waals surface area (Å²) in [6.07, 6.45) is -0.0517. The second-order valence-corrected chi connectivity index (χ2v) is 5.56. The molecule has 1 N–H and O–H groups in total. The minimum absolute atomic E-state index is 0.0517. The molecule has 0 unspecified atom stereocenters. The predicted octanol–water partition coefficient (Wildman–Crippen LogP) is 2.19. The Bertz CT molecular complexity index is 332. The number of nitrogens with zero attached hydrogens (tertiary/aromatic N) is 2. The van der Waals surface area contributed by atoms with Crippen LogP contribution in [0.4, 0.5) is 4.79 Å². The van der Waals surface area contributed by atoms with Crippen LogP contribution in [0.5, 0.6) is 0 Å². The topological polar surface area (TPSA) is 60.9 Å². The van der Waals surface area contributed by atoms with Gasteiger partial charge < -0.3 is 14.9 Å². The number of aliphatic carboxylic acids is 1. The summed E-state index contributed by atoms with van der Waals surface area (Å²) in [5.74, 6) is -0.903. The molecule has 0 aromatic carbocycles. The van der Waals surface area contributed by atoms with E-state index in [1.807, 2.05) is 27.7 Å². The van der Waals surface area contributed by atoms with Gasteiger partial charge in [0.2, 0.25) is 0 Å². The highest BCUT2D eigenvalue weighted by atomic mass is 16.4. The van der Waals surface area contributed by atoms with Gasteiger partial charge in [-0.3, -0.25) is 4.79 Å². The van der Waals surface area contributed by atoms with E-state index in [0.717, 1.165) is 5.57 Å². The average molecular weight is 256 g/mol. The lowest BCUT2D eigenvalue weighted by Gasteiger charge is -2.38. The summed E-state index contributed by atoms with van der Waals surface area (Å²) in [5, 5.41) is 8.73. The second kappa shape index (κ2) is 6.42. The standard InChI is InChI=1S/C13H24N2O3/c1-10(2)9-14(6)12(18)15(13(3,4)5)8-7-11(16)17/h1,7-9H2,2-6H3,(H,16,17). The van der Waals surface area contributed by atoms with Crippen LogP contribution >= 0.6 is 0 Å². The lowest BCUT2D eigenvalue weighted by atomic mass is 10.1. The molecular formula is C13H24N2O3. The highest BCUT2D eigenvalue weighted by Gasteiger charge is 2.28. The number of carbonyl (C=O) groups is 2. The van der Waals surface area contributed by atoms with E-state index in [-0.39, 0.29) is 19.0 Å². The normalized spacial score (nSPS) is 10.9. The van der Waals surface area contributed by atoms with Gasteiger partial charge in [-0.15, -0.1) is 0 Å². The molecule has 0 saturated carbocycles. The van der Waals surface area contributed by atoms with Gasteiger partial charge in [0.15, 0.2) is 0 Å². The highest BCUT2D eigenvalue weighted by Crippen LogP contribution is 2.16. The van der Waals surface area contributed by atoms with Gasteiger partial charge in [0.25, 0.3) is 0 Å². The van der Waals surface area contributed by atoms with E-state index in [0.29, 0.717) is 6.54 Å². The van der Waals surface area contributed by atoms with E-state index in [4.69, 9.17) is 5.11 Å². The maximum Gasteiger partial charge on any atom is 0.320 e. The Morgan fingerprint density at radius 1 is 1.28 bits per heavy atom. The fourth-order valence-corrected chi connectivity index (χ4v) is 1.60. The minimum Gasteiger partial charge on any atom is -0.481 e. The van der Waals surface area contributed by atoms with E-state index in [9.17, 15) is 9.59 Å². The molecule has 0 aliphatic rings. The first kappa shape index (κ1) is 16.5. The number of amides is 2. The maximum atomic E-state index is 12.3. The molecule has 0 fully saturated rings. The maximum absolute atomic E-state index is 12.3. The molecular weight excluding hydrogens is 232 g/mol. The van der Waals surface area contributed by atoms with Crippen molar-refractivity contribution in [3.05, 3.63) is 12.2 Å². The van der Waals surface area contributed by atoms with Crippen molar-refractivity contribution in [2.24, 2.45) is 0 Å². The van der Waals surface area contributed by atoms with Crippen LogP contribution in [0.3, 0.4) is 0 Å². The van der Waals surface area contributed by atoms with Crippen LogP contribution in [0.2, 0.25) is 0 Å². The summed E-state index contributed by atoms with van der Waals surface area (Å²) in [4.78, 5) is 26.0. The quantitative estimate of drug-likeness (QED) is 0.767. The van der Waals surface area contributed by atoms with E-state index < -0.39 is 11.5 Å². The van der Waals surface area contributed by atoms with Crippen molar-refractivity contribution in [1.29, 1.82) is 0 Å². The molecule has 104 valence electrons. The van der Waals surface area contributed by atoms with Gasteiger partial charge in [0, 0.05) is 25.7 Å². The summed E-state index contributed by atoms with van der Waals surface area (Å²) in [5.41, 5.74) is 0.480. The van der Waals surface area contributed by atoms with Crippen molar-refractivity contribution in [3.8, 4) is 0 Å². The fraction of sp³-hybridized carbons (Fsp3) is 0.692. The van der Waals surface area contributed by atoms with E-state index in [1.165, 1.54) is 0 Å². The van der Waals surface area contributed by atoms with E-state index >= 15 is 0 Å². The average Bonchev–Trinajstić information content (AvgIpc) is 2.13. The van der Waals surface area contributed by atoms with Crippen LogP contribution in [-0.2, 0) is 4.79 Å². The smallest absolute Gasteiger partial charge is 0.320 e. The Morgan fingerprint density at radius 3 is 2.11 bits per heavy atom. The van der Waals surface area contributed by atoms with E-state index in [1.54, 1.807) is 16.8 Å². The minimum atomic E-state index is -0.903. The molecule has 0 atom stereocenters. The monoisotopic (exact) mass is 256 g/mol. The van der Waals surface area contributed by atoms with Crippen LogP contribution in [0, 0.1) is 0 Å². The lowest BCUT2D eigenvalue weighted by molar-refractivity contribution is -0.137. The largest absolute Gasteiger partial charge is 0.481 e. The van der Waals surface area contributed by atoms with Gasteiger partial charge in [0.1, 0.15) is 0 Å². The molecule has 0 aromatic heterocycles. The Kier molecular flexibility index (Phi) is 5.88. The van der Waals surface area contributed by atoms with Crippen LogP contribution in [0.15, 0.2) is 12.2 Å². The van der Waals surface area contributed by atoms with Gasteiger partial charge in [0.05, 0.1) is 6.42 Å².